The predicted octanol–water partition coefficient (Wildman–Crippen LogP) is 3.88. The lowest BCUT2D eigenvalue weighted by Gasteiger charge is -2.15. The van der Waals surface area contributed by atoms with Crippen LogP contribution in [0.25, 0.3) is 11.1 Å². The number of sulfonamides is 1. The van der Waals surface area contributed by atoms with Crippen LogP contribution in [0.15, 0.2) is 64.4 Å². The van der Waals surface area contributed by atoms with Crippen LogP contribution in [0.1, 0.15) is 43.4 Å². The van der Waals surface area contributed by atoms with E-state index in [4.69, 9.17) is 0 Å². The summed E-state index contributed by atoms with van der Waals surface area (Å²) in [6, 6.07) is 14.8. The normalized spacial score (nSPS) is 12.9. The third-order valence-electron chi connectivity index (χ3n) is 5.55. The summed E-state index contributed by atoms with van der Waals surface area (Å²) in [5, 5.41) is 10.3. The summed E-state index contributed by atoms with van der Waals surface area (Å²) in [7, 11) is -8.02. The highest BCUT2D eigenvalue weighted by Gasteiger charge is 2.24. The molecular formula is C24H29NO6S2. The average Bonchev–Trinajstić information content (AvgIpc) is 2.90. The Kier molecular flexibility index (Phi) is 7.30. The van der Waals surface area contributed by atoms with E-state index in [1.807, 2.05) is 6.92 Å². The molecule has 0 unspecified atom stereocenters. The van der Waals surface area contributed by atoms with Gasteiger partial charge in [-0.1, -0.05) is 42.0 Å². The Morgan fingerprint density at radius 2 is 1.48 bits per heavy atom. The van der Waals surface area contributed by atoms with Gasteiger partial charge in [0, 0.05) is 12.1 Å². The molecule has 0 fully saturated rings. The van der Waals surface area contributed by atoms with Crippen LogP contribution >= 0.6 is 0 Å². The molecule has 9 heteroatoms. The van der Waals surface area contributed by atoms with E-state index in [2.05, 4.69) is 4.72 Å². The van der Waals surface area contributed by atoms with E-state index in [0.29, 0.717) is 36.0 Å². The Balaban J connectivity index is 1.73. The van der Waals surface area contributed by atoms with Gasteiger partial charge in [-0.25, -0.2) is 13.1 Å². The first-order chi connectivity index (χ1) is 15.3. The monoisotopic (exact) mass is 491 g/mol. The van der Waals surface area contributed by atoms with Gasteiger partial charge >= 0.3 is 0 Å². The number of aliphatic hydroxyl groups is 1. The molecule has 2 aliphatic carbocycles. The number of aryl methyl sites for hydroxylation is 2. The Bertz CT molecular complexity index is 1310. The molecule has 0 bridgehead atoms. The topological polar surface area (TPSA) is 121 Å². The van der Waals surface area contributed by atoms with Crippen molar-refractivity contribution in [2.75, 3.05) is 6.54 Å². The van der Waals surface area contributed by atoms with Crippen LogP contribution in [0.5, 0.6) is 0 Å². The van der Waals surface area contributed by atoms with E-state index in [0.717, 1.165) is 11.1 Å². The van der Waals surface area contributed by atoms with Gasteiger partial charge in [0.15, 0.2) is 0 Å². The van der Waals surface area contributed by atoms with Crippen molar-refractivity contribution in [3.8, 4) is 11.1 Å². The minimum Gasteiger partial charge on any atom is -0.386 e. The lowest BCUT2D eigenvalue weighted by atomic mass is 10.0. The largest absolute Gasteiger partial charge is 0.386 e. The maximum Gasteiger partial charge on any atom is 0.295 e. The zero-order valence-electron chi connectivity index (χ0n) is 18.9. The van der Waals surface area contributed by atoms with Gasteiger partial charge in [0.2, 0.25) is 10.0 Å². The Morgan fingerprint density at radius 3 is 2.06 bits per heavy atom. The highest BCUT2D eigenvalue weighted by molar-refractivity contribution is 7.89. The van der Waals surface area contributed by atoms with Crippen molar-refractivity contribution in [1.82, 2.24) is 4.72 Å². The Labute approximate surface area is 195 Å². The van der Waals surface area contributed by atoms with E-state index in [-0.39, 0.29) is 16.3 Å². The Hall–Kier alpha value is -2.30. The summed E-state index contributed by atoms with van der Waals surface area (Å²) in [5.41, 5.74) is 2.25. The van der Waals surface area contributed by atoms with Crippen molar-refractivity contribution in [3.63, 3.8) is 0 Å². The number of nitrogens with one attached hydrogen (secondary N) is 1. The maximum absolute atomic E-state index is 12.4. The van der Waals surface area contributed by atoms with Crippen molar-refractivity contribution >= 4 is 20.1 Å². The van der Waals surface area contributed by atoms with E-state index in [1.54, 1.807) is 62.4 Å². The summed E-state index contributed by atoms with van der Waals surface area (Å²) >= 11 is 0. The smallest absolute Gasteiger partial charge is 0.295 e. The molecule has 0 radical (unpaired) electrons. The van der Waals surface area contributed by atoms with Crippen molar-refractivity contribution in [2.45, 2.75) is 55.4 Å². The molecule has 33 heavy (non-hydrogen) atoms. The van der Waals surface area contributed by atoms with E-state index >= 15 is 0 Å². The maximum atomic E-state index is 12.4. The van der Waals surface area contributed by atoms with Gasteiger partial charge in [0.1, 0.15) is 4.90 Å². The zero-order chi connectivity index (χ0) is 24.4. The summed E-state index contributed by atoms with van der Waals surface area (Å²) in [4.78, 5) is 0.0357. The molecule has 3 N–H and O–H groups in total. The second kappa shape index (κ2) is 9.52. The van der Waals surface area contributed by atoms with Crippen molar-refractivity contribution in [2.24, 2.45) is 0 Å². The van der Waals surface area contributed by atoms with Gasteiger partial charge in [-0.15, -0.1) is 0 Å². The van der Waals surface area contributed by atoms with Crippen molar-refractivity contribution in [1.29, 1.82) is 0 Å². The highest BCUT2D eigenvalue weighted by atomic mass is 32.2. The molecule has 1 aromatic carbocycles. The van der Waals surface area contributed by atoms with Crippen LogP contribution in [-0.2, 0) is 32.2 Å². The average molecular weight is 492 g/mol. The third-order valence-corrected chi connectivity index (χ3v) is 7.92. The summed E-state index contributed by atoms with van der Waals surface area (Å²) in [5.74, 6) is 0. The minimum absolute atomic E-state index is 0.175. The standard InChI is InChI=1S/C24H29NO6S2/c1-17-7-11-20(12-8-17)32(27,28)25-15-5-4-6-18-16-23(33(29,30)31)22-14-10-19(24(2,3)26)9-13-21(18)22/h7-14,16,25-26H,4-6,15H2,1-3H3,(H,29,30,31). The molecule has 0 spiro atoms. The van der Waals surface area contributed by atoms with Crippen LogP contribution in [0.3, 0.4) is 0 Å². The van der Waals surface area contributed by atoms with Crippen molar-refractivity contribution in [3.05, 3.63) is 71.3 Å². The molecule has 0 heterocycles. The number of unbranched alkanes of at least 4 members (excludes halogenated alkanes) is 1. The van der Waals surface area contributed by atoms with Gasteiger partial charge in [0.05, 0.1) is 10.5 Å². The Morgan fingerprint density at radius 1 is 0.879 bits per heavy atom. The molecule has 0 aromatic heterocycles. The fourth-order valence-corrected chi connectivity index (χ4v) is 5.49. The molecular weight excluding hydrogens is 462 g/mol. The molecule has 0 atom stereocenters. The fraction of sp³-hybridized carbons (Fsp3) is 0.333. The van der Waals surface area contributed by atoms with Crippen LogP contribution in [0, 0.1) is 6.92 Å². The number of hydrogen-bond donors (Lipinski definition) is 3. The van der Waals surface area contributed by atoms with E-state index in [9.17, 15) is 26.5 Å². The lowest BCUT2D eigenvalue weighted by molar-refractivity contribution is 0.0787. The zero-order valence-corrected chi connectivity index (χ0v) is 20.5. The molecule has 0 saturated heterocycles. The highest BCUT2D eigenvalue weighted by Crippen LogP contribution is 2.36. The molecule has 2 aliphatic rings. The first-order valence-electron chi connectivity index (χ1n) is 10.6. The fourth-order valence-electron chi connectivity index (χ4n) is 3.67. The molecule has 1 aromatic rings. The summed E-state index contributed by atoms with van der Waals surface area (Å²) < 4.78 is 60.9. The summed E-state index contributed by atoms with van der Waals surface area (Å²) in [6.07, 6.45) is 1.66. The number of fused-ring (bicyclic) bond motifs is 1. The van der Waals surface area contributed by atoms with Gasteiger partial charge in [-0.3, -0.25) is 4.55 Å². The van der Waals surface area contributed by atoms with Crippen LogP contribution in [0.4, 0.5) is 0 Å². The first kappa shape index (κ1) is 25.3. The van der Waals surface area contributed by atoms with E-state index < -0.39 is 25.7 Å². The number of hydrogen-bond acceptors (Lipinski definition) is 5. The molecule has 7 nitrogen and oxygen atoms in total. The van der Waals surface area contributed by atoms with Crippen molar-refractivity contribution < 1.29 is 26.5 Å². The van der Waals surface area contributed by atoms with Gasteiger partial charge in [0.25, 0.3) is 10.1 Å². The van der Waals surface area contributed by atoms with Crippen LogP contribution < -0.4 is 4.72 Å². The first-order valence-corrected chi connectivity index (χ1v) is 13.5. The molecule has 178 valence electrons. The number of rotatable bonds is 9. The van der Waals surface area contributed by atoms with Gasteiger partial charge < -0.3 is 5.11 Å². The second-order valence-corrected chi connectivity index (χ2v) is 11.8. The van der Waals surface area contributed by atoms with Gasteiger partial charge in [-0.05, 0) is 74.9 Å². The quantitative estimate of drug-likeness (QED) is 0.309. The SMILES string of the molecule is Cc1ccc(S(=O)(=O)NCCCCc2cc(S(=O)(=O)O)c3ccc(C(C)(C)O)ccc2-3)cc1. The van der Waals surface area contributed by atoms with Crippen LogP contribution in [-0.4, -0.2) is 33.0 Å². The predicted molar refractivity (Wildman–Crippen MR) is 127 cm³/mol. The summed E-state index contributed by atoms with van der Waals surface area (Å²) in [6.45, 7) is 5.40. The lowest BCUT2D eigenvalue weighted by Crippen LogP contribution is -2.24. The van der Waals surface area contributed by atoms with Crippen LogP contribution in [0.2, 0.25) is 0 Å². The third kappa shape index (κ3) is 6.18. The molecule has 3 rings (SSSR count). The second-order valence-electron chi connectivity index (χ2n) is 8.69. The molecule has 0 aliphatic heterocycles. The van der Waals surface area contributed by atoms with Gasteiger partial charge in [-0.2, -0.15) is 8.42 Å². The van der Waals surface area contributed by atoms with E-state index in [1.165, 1.54) is 6.07 Å². The molecule has 0 saturated carbocycles. The molecule has 0 amide bonds. The number of benzene rings is 1. The minimum atomic E-state index is -4.43.